The quantitative estimate of drug-likeness (QED) is 0.483. The van der Waals surface area contributed by atoms with Crippen LogP contribution in [-0.4, -0.2) is 49.9 Å². The Morgan fingerprint density at radius 3 is 2.54 bits per heavy atom. The van der Waals surface area contributed by atoms with Crippen molar-refractivity contribution in [3.63, 3.8) is 0 Å². The van der Waals surface area contributed by atoms with Crippen molar-refractivity contribution in [1.29, 1.82) is 0 Å². The lowest BCUT2D eigenvalue weighted by Crippen LogP contribution is -2.32. The van der Waals surface area contributed by atoms with E-state index < -0.39 is 6.04 Å². The van der Waals surface area contributed by atoms with Gasteiger partial charge in [0.05, 0.1) is 6.61 Å². The Kier molecular flexibility index (Phi) is 8.71. The molecule has 0 saturated carbocycles. The van der Waals surface area contributed by atoms with Crippen molar-refractivity contribution in [2.75, 3.05) is 34.4 Å². The normalized spacial score (nSPS) is 12.6. The molecule has 0 aliphatic heterocycles. The van der Waals surface area contributed by atoms with Gasteiger partial charge in [-0.3, -0.25) is 4.79 Å². The van der Waals surface area contributed by atoms with Crippen LogP contribution >= 0.6 is 0 Å². The highest BCUT2D eigenvalue weighted by atomic mass is 16.5. The van der Waals surface area contributed by atoms with Gasteiger partial charge in [-0.25, -0.2) is 4.79 Å². The average Bonchev–Trinajstić information content (AvgIpc) is 2.49. The van der Waals surface area contributed by atoms with E-state index in [1.54, 1.807) is 19.4 Å². The average molecular weight is 338 g/mol. The maximum atomic E-state index is 12.4. The van der Waals surface area contributed by atoms with Crippen LogP contribution < -0.4 is 5.56 Å². The molecular weight excluding hydrogens is 308 g/mol. The molecule has 0 saturated heterocycles. The summed E-state index contributed by atoms with van der Waals surface area (Å²) in [5.41, 5.74) is 0.756. The van der Waals surface area contributed by atoms with Crippen molar-refractivity contribution in [2.45, 2.75) is 39.3 Å². The zero-order valence-electron chi connectivity index (χ0n) is 15.4. The van der Waals surface area contributed by atoms with Crippen LogP contribution in [-0.2, 0) is 20.8 Å². The van der Waals surface area contributed by atoms with Gasteiger partial charge in [-0.05, 0) is 38.1 Å². The Hall–Kier alpha value is -1.66. The molecule has 0 aliphatic rings. The Morgan fingerprint density at radius 1 is 1.29 bits per heavy atom. The highest BCUT2D eigenvalue weighted by Crippen LogP contribution is 2.18. The topological polar surface area (TPSA) is 60.8 Å². The fourth-order valence-corrected chi connectivity index (χ4v) is 2.49. The molecule has 6 heteroatoms. The molecule has 0 aromatic carbocycles. The molecule has 0 fully saturated rings. The smallest absolute Gasteiger partial charge is 0.329 e. The zero-order chi connectivity index (χ0) is 18.1. The van der Waals surface area contributed by atoms with Crippen molar-refractivity contribution in [2.24, 2.45) is 5.92 Å². The van der Waals surface area contributed by atoms with Crippen molar-refractivity contribution in [3.05, 3.63) is 34.2 Å². The minimum absolute atomic E-state index is 0.172. The highest BCUT2D eigenvalue weighted by Gasteiger charge is 2.24. The van der Waals surface area contributed by atoms with Crippen LogP contribution in [0, 0.1) is 5.92 Å². The highest BCUT2D eigenvalue weighted by molar-refractivity contribution is 5.74. The largest absolute Gasteiger partial charge is 0.464 e. The monoisotopic (exact) mass is 338 g/mol. The fraction of sp³-hybridized carbons (Fsp3) is 0.667. The van der Waals surface area contributed by atoms with E-state index in [1.165, 1.54) is 4.57 Å². The lowest BCUT2D eigenvalue weighted by Gasteiger charge is -2.21. The minimum atomic E-state index is -0.589. The molecule has 0 amide bonds. The third kappa shape index (κ3) is 6.84. The molecule has 1 aromatic heterocycles. The molecule has 1 aromatic rings. The Labute approximate surface area is 144 Å². The number of aromatic nitrogens is 1. The van der Waals surface area contributed by atoms with Crippen molar-refractivity contribution in [3.8, 4) is 0 Å². The van der Waals surface area contributed by atoms with Gasteiger partial charge in [0.25, 0.3) is 5.56 Å². The minimum Gasteiger partial charge on any atom is -0.464 e. The van der Waals surface area contributed by atoms with Gasteiger partial charge in [0.2, 0.25) is 0 Å². The summed E-state index contributed by atoms with van der Waals surface area (Å²) < 4.78 is 11.8. The number of hydrogen-bond acceptors (Lipinski definition) is 5. The molecule has 24 heavy (non-hydrogen) atoms. The van der Waals surface area contributed by atoms with Gasteiger partial charge in [-0.1, -0.05) is 13.8 Å². The molecule has 1 heterocycles. The van der Waals surface area contributed by atoms with Crippen LogP contribution in [0.3, 0.4) is 0 Å². The van der Waals surface area contributed by atoms with E-state index in [2.05, 4.69) is 0 Å². The van der Waals surface area contributed by atoms with E-state index in [9.17, 15) is 9.59 Å². The predicted octanol–water partition coefficient (Wildman–Crippen LogP) is 2.08. The summed E-state index contributed by atoms with van der Waals surface area (Å²) in [7, 11) is 5.51. The lowest BCUT2D eigenvalue weighted by atomic mass is 10.0. The van der Waals surface area contributed by atoms with Gasteiger partial charge in [-0.15, -0.1) is 0 Å². The van der Waals surface area contributed by atoms with Gasteiger partial charge in [0, 0.05) is 38.9 Å². The number of esters is 1. The molecule has 0 N–H and O–H groups in total. The second kappa shape index (κ2) is 10.3. The van der Waals surface area contributed by atoms with Crippen molar-refractivity contribution in [1.82, 2.24) is 9.47 Å². The first kappa shape index (κ1) is 20.4. The number of carbonyl (C=O) groups is 1. The summed E-state index contributed by atoms with van der Waals surface area (Å²) in [6.07, 6.45) is 2.91. The SMILES string of the molecule is COCCCOC(=O)C(CC(C)C)n1ccc(CN(C)C)cc1=O. The number of ether oxygens (including phenoxy) is 2. The molecule has 1 atom stereocenters. The maximum Gasteiger partial charge on any atom is 0.329 e. The number of pyridine rings is 1. The van der Waals surface area contributed by atoms with Crippen molar-refractivity contribution < 1.29 is 14.3 Å². The van der Waals surface area contributed by atoms with E-state index in [4.69, 9.17) is 9.47 Å². The third-order valence-electron chi connectivity index (χ3n) is 3.55. The Balaban J connectivity index is 2.91. The summed E-state index contributed by atoms with van der Waals surface area (Å²) in [5.74, 6) is -0.0860. The number of nitrogens with zero attached hydrogens (tertiary/aromatic N) is 2. The predicted molar refractivity (Wildman–Crippen MR) is 94.0 cm³/mol. The van der Waals surface area contributed by atoms with Crippen LogP contribution in [0.15, 0.2) is 23.1 Å². The lowest BCUT2D eigenvalue weighted by molar-refractivity contribution is -0.148. The second-order valence-corrected chi connectivity index (χ2v) is 6.68. The summed E-state index contributed by atoms with van der Waals surface area (Å²) in [4.78, 5) is 26.9. The van der Waals surface area contributed by atoms with Crippen LogP contribution in [0.1, 0.15) is 38.3 Å². The molecule has 0 spiro atoms. The molecule has 1 rings (SSSR count). The first-order valence-electron chi connectivity index (χ1n) is 8.36. The number of hydrogen-bond donors (Lipinski definition) is 0. The summed E-state index contributed by atoms with van der Waals surface area (Å²) in [6.45, 7) is 5.58. The van der Waals surface area contributed by atoms with E-state index >= 15 is 0 Å². The molecule has 0 bridgehead atoms. The fourth-order valence-electron chi connectivity index (χ4n) is 2.49. The molecule has 6 nitrogen and oxygen atoms in total. The van der Waals surface area contributed by atoms with Crippen LogP contribution in [0.4, 0.5) is 0 Å². The van der Waals surface area contributed by atoms with Gasteiger partial charge in [-0.2, -0.15) is 0 Å². The molecule has 0 radical (unpaired) electrons. The third-order valence-corrected chi connectivity index (χ3v) is 3.55. The van der Waals surface area contributed by atoms with Gasteiger partial charge in [0.1, 0.15) is 6.04 Å². The summed E-state index contributed by atoms with van der Waals surface area (Å²) in [5, 5.41) is 0. The van der Waals surface area contributed by atoms with Crippen LogP contribution in [0.5, 0.6) is 0 Å². The molecular formula is C18H30N2O4. The maximum absolute atomic E-state index is 12.4. The molecule has 0 aliphatic carbocycles. The number of rotatable bonds is 10. The first-order chi connectivity index (χ1) is 11.3. The second-order valence-electron chi connectivity index (χ2n) is 6.68. The number of carbonyl (C=O) groups excluding carboxylic acids is 1. The van der Waals surface area contributed by atoms with Gasteiger partial charge in [0.15, 0.2) is 0 Å². The first-order valence-corrected chi connectivity index (χ1v) is 8.36. The molecule has 136 valence electrons. The summed E-state index contributed by atoms with van der Waals surface area (Å²) in [6, 6.07) is 2.88. The van der Waals surface area contributed by atoms with E-state index in [0.29, 0.717) is 32.6 Å². The Bertz CT molecular complexity index is 566. The van der Waals surface area contributed by atoms with E-state index in [-0.39, 0.29) is 17.4 Å². The zero-order valence-corrected chi connectivity index (χ0v) is 15.4. The van der Waals surface area contributed by atoms with E-state index in [1.807, 2.05) is 38.9 Å². The van der Waals surface area contributed by atoms with Crippen LogP contribution in [0.2, 0.25) is 0 Å². The van der Waals surface area contributed by atoms with E-state index in [0.717, 1.165) is 5.56 Å². The number of methoxy groups -OCH3 is 1. The standard InChI is InChI=1S/C18H30N2O4/c1-14(2)11-16(18(22)24-10-6-9-23-5)20-8-7-15(12-17(20)21)13-19(3)4/h7-8,12,14,16H,6,9-11,13H2,1-5H3. The summed E-state index contributed by atoms with van der Waals surface area (Å²) >= 11 is 0. The van der Waals surface area contributed by atoms with Gasteiger partial charge < -0.3 is 18.9 Å². The van der Waals surface area contributed by atoms with Gasteiger partial charge >= 0.3 is 5.97 Å². The van der Waals surface area contributed by atoms with Crippen LogP contribution in [0.25, 0.3) is 0 Å². The Morgan fingerprint density at radius 2 is 2.00 bits per heavy atom. The molecule has 1 unspecified atom stereocenters. The van der Waals surface area contributed by atoms with Crippen molar-refractivity contribution >= 4 is 5.97 Å².